The van der Waals surface area contributed by atoms with Crippen LogP contribution in [0, 0.1) is 17.5 Å². The van der Waals surface area contributed by atoms with E-state index in [2.05, 4.69) is 9.97 Å². The van der Waals surface area contributed by atoms with Gasteiger partial charge in [0.05, 0.1) is 18.9 Å². The first-order valence-corrected chi connectivity index (χ1v) is 7.41. The molecule has 1 amide bonds. The highest BCUT2D eigenvalue weighted by atomic mass is 19.2. The summed E-state index contributed by atoms with van der Waals surface area (Å²) in [6.07, 6.45) is 3.01. The van der Waals surface area contributed by atoms with E-state index in [0.29, 0.717) is 19.4 Å². The van der Waals surface area contributed by atoms with Crippen LogP contribution in [0.1, 0.15) is 23.2 Å². The van der Waals surface area contributed by atoms with Crippen LogP contribution in [0.3, 0.4) is 0 Å². The SMILES string of the molecule is O=C(c1ccc(F)c(F)c1)N1CCC[C@H](Oc2ncc(F)cn2)C1. The van der Waals surface area contributed by atoms with Crippen molar-refractivity contribution in [2.75, 3.05) is 13.1 Å². The lowest BCUT2D eigenvalue weighted by atomic mass is 10.1. The van der Waals surface area contributed by atoms with Gasteiger partial charge in [-0.2, -0.15) is 0 Å². The molecule has 1 fully saturated rings. The Morgan fingerprint density at radius 2 is 1.92 bits per heavy atom. The molecule has 1 aromatic carbocycles. The average Bonchev–Trinajstić information content (AvgIpc) is 2.59. The molecule has 0 radical (unpaired) electrons. The second-order valence-electron chi connectivity index (χ2n) is 5.45. The van der Waals surface area contributed by atoms with Gasteiger partial charge in [0.15, 0.2) is 17.5 Å². The second-order valence-corrected chi connectivity index (χ2v) is 5.45. The van der Waals surface area contributed by atoms with Gasteiger partial charge in [-0.3, -0.25) is 4.79 Å². The Hall–Kier alpha value is -2.64. The van der Waals surface area contributed by atoms with Crippen LogP contribution in [-0.2, 0) is 0 Å². The van der Waals surface area contributed by atoms with Gasteiger partial charge >= 0.3 is 6.01 Å². The van der Waals surface area contributed by atoms with Crippen LogP contribution in [0.4, 0.5) is 13.2 Å². The molecule has 1 atom stereocenters. The number of nitrogens with zero attached hydrogens (tertiary/aromatic N) is 3. The number of piperidine rings is 1. The molecule has 2 heterocycles. The molecule has 24 heavy (non-hydrogen) atoms. The molecule has 8 heteroatoms. The number of ether oxygens (including phenoxy) is 1. The van der Waals surface area contributed by atoms with Gasteiger partial charge in [0.25, 0.3) is 5.91 Å². The number of hydrogen-bond donors (Lipinski definition) is 0. The zero-order valence-electron chi connectivity index (χ0n) is 12.6. The fraction of sp³-hybridized carbons (Fsp3) is 0.312. The van der Waals surface area contributed by atoms with Crippen molar-refractivity contribution < 1.29 is 22.7 Å². The van der Waals surface area contributed by atoms with Crippen LogP contribution < -0.4 is 4.74 Å². The molecule has 3 rings (SSSR count). The average molecular weight is 337 g/mol. The number of carbonyl (C=O) groups is 1. The summed E-state index contributed by atoms with van der Waals surface area (Å²) < 4.78 is 44.6. The third kappa shape index (κ3) is 3.64. The third-order valence-corrected chi connectivity index (χ3v) is 3.70. The van der Waals surface area contributed by atoms with E-state index in [9.17, 15) is 18.0 Å². The first kappa shape index (κ1) is 16.2. The molecule has 0 unspecified atom stereocenters. The number of carbonyl (C=O) groups excluding carboxylic acids is 1. The summed E-state index contributed by atoms with van der Waals surface area (Å²) in [5, 5.41) is 0. The molecule has 0 saturated carbocycles. The number of hydrogen-bond acceptors (Lipinski definition) is 4. The van der Waals surface area contributed by atoms with Gasteiger partial charge in [-0.25, -0.2) is 23.1 Å². The fourth-order valence-corrected chi connectivity index (χ4v) is 2.54. The van der Waals surface area contributed by atoms with Crippen molar-refractivity contribution in [1.29, 1.82) is 0 Å². The number of amides is 1. The van der Waals surface area contributed by atoms with E-state index in [1.54, 1.807) is 0 Å². The van der Waals surface area contributed by atoms with Crippen molar-refractivity contribution in [2.24, 2.45) is 0 Å². The van der Waals surface area contributed by atoms with Crippen molar-refractivity contribution in [3.8, 4) is 6.01 Å². The van der Waals surface area contributed by atoms with Crippen molar-refractivity contribution in [1.82, 2.24) is 14.9 Å². The minimum atomic E-state index is -1.06. The Bertz CT molecular complexity index is 740. The van der Waals surface area contributed by atoms with Crippen LogP contribution in [0.25, 0.3) is 0 Å². The number of aromatic nitrogens is 2. The summed E-state index contributed by atoms with van der Waals surface area (Å²) in [5.74, 6) is -3.03. The van der Waals surface area contributed by atoms with E-state index < -0.39 is 23.4 Å². The lowest BCUT2D eigenvalue weighted by molar-refractivity contribution is 0.0515. The molecule has 0 N–H and O–H groups in total. The predicted molar refractivity (Wildman–Crippen MR) is 77.9 cm³/mol. The third-order valence-electron chi connectivity index (χ3n) is 3.70. The zero-order chi connectivity index (χ0) is 17.1. The van der Waals surface area contributed by atoms with Crippen molar-refractivity contribution in [2.45, 2.75) is 18.9 Å². The van der Waals surface area contributed by atoms with Gasteiger partial charge in [0.2, 0.25) is 0 Å². The lowest BCUT2D eigenvalue weighted by Gasteiger charge is -2.32. The van der Waals surface area contributed by atoms with E-state index in [0.717, 1.165) is 24.5 Å². The normalized spacial score (nSPS) is 17.6. The van der Waals surface area contributed by atoms with E-state index in [1.807, 2.05) is 0 Å². The van der Waals surface area contributed by atoms with Gasteiger partial charge in [0.1, 0.15) is 6.10 Å². The topological polar surface area (TPSA) is 55.3 Å². The number of halogens is 3. The summed E-state index contributed by atoms with van der Waals surface area (Å²) in [6.45, 7) is 0.751. The van der Waals surface area contributed by atoms with Gasteiger partial charge in [-0.05, 0) is 31.0 Å². The lowest BCUT2D eigenvalue weighted by Crippen LogP contribution is -2.44. The largest absolute Gasteiger partial charge is 0.458 e. The molecule has 5 nitrogen and oxygen atoms in total. The molecule has 0 bridgehead atoms. The molecule has 0 aliphatic carbocycles. The van der Waals surface area contributed by atoms with Gasteiger partial charge in [-0.1, -0.05) is 0 Å². The van der Waals surface area contributed by atoms with E-state index in [-0.39, 0.29) is 24.2 Å². The molecule has 1 aliphatic rings. The molecule has 1 aliphatic heterocycles. The molecule has 126 valence electrons. The van der Waals surface area contributed by atoms with Crippen molar-refractivity contribution >= 4 is 5.91 Å². The maximum absolute atomic E-state index is 13.3. The van der Waals surface area contributed by atoms with Crippen molar-refractivity contribution in [3.63, 3.8) is 0 Å². The highest BCUT2D eigenvalue weighted by Crippen LogP contribution is 2.18. The Labute approximate surface area is 136 Å². The van der Waals surface area contributed by atoms with Crippen LogP contribution in [0.2, 0.25) is 0 Å². The van der Waals surface area contributed by atoms with Gasteiger partial charge in [-0.15, -0.1) is 0 Å². The maximum atomic E-state index is 13.3. The number of benzene rings is 1. The van der Waals surface area contributed by atoms with Gasteiger partial charge < -0.3 is 9.64 Å². The highest BCUT2D eigenvalue weighted by molar-refractivity contribution is 5.94. The van der Waals surface area contributed by atoms with Crippen LogP contribution in [-0.4, -0.2) is 40.0 Å². The summed E-state index contributed by atoms with van der Waals surface area (Å²) in [7, 11) is 0. The smallest absolute Gasteiger partial charge is 0.316 e. The molecule has 2 aromatic rings. The van der Waals surface area contributed by atoms with E-state index >= 15 is 0 Å². The Kier molecular flexibility index (Phi) is 4.64. The summed E-state index contributed by atoms with van der Waals surface area (Å²) in [5.41, 5.74) is 0.0765. The number of rotatable bonds is 3. The molecule has 0 spiro atoms. The quantitative estimate of drug-likeness (QED) is 0.864. The van der Waals surface area contributed by atoms with E-state index in [4.69, 9.17) is 4.74 Å². The molecule has 1 saturated heterocycles. The van der Waals surface area contributed by atoms with Crippen LogP contribution in [0.5, 0.6) is 6.01 Å². The van der Waals surface area contributed by atoms with Crippen LogP contribution in [0.15, 0.2) is 30.6 Å². The molecule has 1 aromatic heterocycles. The van der Waals surface area contributed by atoms with Crippen LogP contribution >= 0.6 is 0 Å². The first-order valence-electron chi connectivity index (χ1n) is 7.41. The van der Waals surface area contributed by atoms with Crippen molar-refractivity contribution in [3.05, 3.63) is 53.6 Å². The first-order chi connectivity index (χ1) is 11.5. The number of likely N-dealkylation sites (tertiary alicyclic amines) is 1. The van der Waals surface area contributed by atoms with Gasteiger partial charge in [0, 0.05) is 12.1 Å². The summed E-state index contributed by atoms with van der Waals surface area (Å²) in [6, 6.07) is 3.08. The van der Waals surface area contributed by atoms with E-state index in [1.165, 1.54) is 11.0 Å². The monoisotopic (exact) mass is 337 g/mol. The standard InChI is InChI=1S/C16H14F3N3O2/c17-11-7-20-16(21-8-11)24-12-2-1-5-22(9-12)15(23)10-3-4-13(18)14(19)6-10/h3-4,6-8,12H,1-2,5,9H2/t12-/m0/s1. The molecular weight excluding hydrogens is 323 g/mol. The Morgan fingerprint density at radius 1 is 1.17 bits per heavy atom. The zero-order valence-corrected chi connectivity index (χ0v) is 12.6. The predicted octanol–water partition coefficient (Wildman–Crippen LogP) is 2.58. The Balaban J connectivity index is 1.67. The Morgan fingerprint density at radius 3 is 2.62 bits per heavy atom. The fourth-order valence-electron chi connectivity index (χ4n) is 2.54. The minimum Gasteiger partial charge on any atom is -0.458 e. The second kappa shape index (κ2) is 6.86. The summed E-state index contributed by atoms with van der Waals surface area (Å²) in [4.78, 5) is 21.3. The highest BCUT2D eigenvalue weighted by Gasteiger charge is 2.26. The summed E-state index contributed by atoms with van der Waals surface area (Å²) >= 11 is 0. The minimum absolute atomic E-state index is 0.0310. The molecular formula is C16H14F3N3O2. The maximum Gasteiger partial charge on any atom is 0.316 e.